The SMILES string of the molecule is COCCCNC(=O)c1cccnc1Oc1ccc(NS(=O)(=O)c2ccc(Cl)cc2)cc1. The Labute approximate surface area is 191 Å². The van der Waals surface area contributed by atoms with Crippen LogP contribution in [-0.2, 0) is 14.8 Å². The molecule has 0 atom stereocenters. The molecular weight excluding hydrogens is 454 g/mol. The van der Waals surface area contributed by atoms with Gasteiger partial charge in [-0.1, -0.05) is 11.6 Å². The van der Waals surface area contributed by atoms with Crippen LogP contribution >= 0.6 is 11.6 Å². The number of ether oxygens (including phenoxy) is 2. The number of anilines is 1. The van der Waals surface area contributed by atoms with Gasteiger partial charge in [0.15, 0.2) is 0 Å². The normalized spacial score (nSPS) is 11.1. The number of sulfonamides is 1. The van der Waals surface area contributed by atoms with Crippen molar-refractivity contribution in [3.63, 3.8) is 0 Å². The fourth-order valence-corrected chi connectivity index (χ4v) is 3.87. The smallest absolute Gasteiger partial charge is 0.261 e. The lowest BCUT2D eigenvalue weighted by atomic mass is 10.2. The van der Waals surface area contributed by atoms with Crippen molar-refractivity contribution in [2.75, 3.05) is 25.0 Å². The van der Waals surface area contributed by atoms with Crippen LogP contribution in [0.3, 0.4) is 0 Å². The molecule has 0 aliphatic carbocycles. The van der Waals surface area contributed by atoms with Crippen molar-refractivity contribution in [3.05, 3.63) is 77.4 Å². The third kappa shape index (κ3) is 6.43. The Bertz CT molecular complexity index is 1150. The summed E-state index contributed by atoms with van der Waals surface area (Å²) in [6.45, 7) is 1.01. The van der Waals surface area contributed by atoms with E-state index in [4.69, 9.17) is 21.1 Å². The average molecular weight is 476 g/mol. The Balaban J connectivity index is 1.67. The maximum atomic E-state index is 12.5. The topological polar surface area (TPSA) is 107 Å². The van der Waals surface area contributed by atoms with Crippen molar-refractivity contribution < 1.29 is 22.7 Å². The molecule has 3 rings (SSSR count). The van der Waals surface area contributed by atoms with E-state index in [9.17, 15) is 13.2 Å². The zero-order chi connectivity index (χ0) is 23.0. The highest BCUT2D eigenvalue weighted by Gasteiger charge is 2.16. The molecule has 0 aliphatic rings. The van der Waals surface area contributed by atoms with Crippen LogP contribution in [0, 0.1) is 0 Å². The predicted molar refractivity (Wildman–Crippen MR) is 122 cm³/mol. The third-order valence-corrected chi connectivity index (χ3v) is 5.92. The van der Waals surface area contributed by atoms with Crippen molar-refractivity contribution >= 4 is 33.2 Å². The minimum absolute atomic E-state index is 0.0943. The number of carbonyl (C=O) groups is 1. The molecule has 0 saturated carbocycles. The lowest BCUT2D eigenvalue weighted by Crippen LogP contribution is -2.25. The third-order valence-electron chi connectivity index (χ3n) is 4.27. The van der Waals surface area contributed by atoms with E-state index in [1.165, 1.54) is 30.5 Å². The second-order valence-electron chi connectivity index (χ2n) is 6.64. The van der Waals surface area contributed by atoms with E-state index in [2.05, 4.69) is 15.0 Å². The Hall–Kier alpha value is -3.14. The van der Waals surface area contributed by atoms with Crippen LogP contribution in [0.25, 0.3) is 0 Å². The second-order valence-corrected chi connectivity index (χ2v) is 8.76. The molecule has 1 aromatic heterocycles. The van der Waals surface area contributed by atoms with E-state index >= 15 is 0 Å². The van der Waals surface area contributed by atoms with Crippen molar-refractivity contribution in [3.8, 4) is 11.6 Å². The zero-order valence-electron chi connectivity index (χ0n) is 17.2. The highest BCUT2D eigenvalue weighted by molar-refractivity contribution is 7.92. The maximum absolute atomic E-state index is 12.5. The van der Waals surface area contributed by atoms with E-state index in [1.54, 1.807) is 43.5 Å². The molecule has 3 aromatic rings. The Morgan fingerprint density at radius 3 is 2.47 bits per heavy atom. The van der Waals surface area contributed by atoms with Crippen molar-refractivity contribution in [1.29, 1.82) is 0 Å². The number of amides is 1. The molecule has 0 unspecified atom stereocenters. The summed E-state index contributed by atoms with van der Waals surface area (Å²) in [6.07, 6.45) is 2.21. The van der Waals surface area contributed by atoms with Gasteiger partial charge in [-0.3, -0.25) is 9.52 Å². The molecule has 32 heavy (non-hydrogen) atoms. The van der Waals surface area contributed by atoms with Crippen LogP contribution < -0.4 is 14.8 Å². The summed E-state index contributed by atoms with van der Waals surface area (Å²) in [5.74, 6) is 0.231. The standard InChI is InChI=1S/C22H22ClN3O5S/c1-30-15-3-14-24-21(27)20-4-2-13-25-22(20)31-18-9-7-17(8-10-18)26-32(28,29)19-11-5-16(23)6-12-19/h2,4-13,26H,3,14-15H2,1H3,(H,24,27). The lowest BCUT2D eigenvalue weighted by molar-refractivity contribution is 0.0945. The predicted octanol–water partition coefficient (Wildman–Crippen LogP) is 4.09. The molecule has 0 bridgehead atoms. The first-order valence-corrected chi connectivity index (χ1v) is 11.5. The zero-order valence-corrected chi connectivity index (χ0v) is 18.8. The van der Waals surface area contributed by atoms with Gasteiger partial charge in [0, 0.05) is 37.2 Å². The average Bonchev–Trinajstić information content (AvgIpc) is 2.78. The monoisotopic (exact) mass is 475 g/mol. The molecule has 10 heteroatoms. The van der Waals surface area contributed by atoms with E-state index in [-0.39, 0.29) is 22.2 Å². The molecule has 0 aliphatic heterocycles. The summed E-state index contributed by atoms with van der Waals surface area (Å²) >= 11 is 5.81. The second kappa shape index (κ2) is 10.9. The van der Waals surface area contributed by atoms with Gasteiger partial charge < -0.3 is 14.8 Å². The van der Waals surface area contributed by atoms with Gasteiger partial charge in [-0.05, 0) is 67.1 Å². The van der Waals surface area contributed by atoms with E-state index in [0.29, 0.717) is 36.0 Å². The molecule has 1 heterocycles. The van der Waals surface area contributed by atoms with Gasteiger partial charge in [0.05, 0.1) is 4.90 Å². The Morgan fingerprint density at radius 2 is 1.78 bits per heavy atom. The molecule has 8 nitrogen and oxygen atoms in total. The first-order chi connectivity index (χ1) is 15.4. The molecule has 0 fully saturated rings. The minimum atomic E-state index is -3.76. The lowest BCUT2D eigenvalue weighted by Gasteiger charge is -2.11. The molecule has 1 amide bonds. The van der Waals surface area contributed by atoms with E-state index in [1.807, 2.05) is 0 Å². The van der Waals surface area contributed by atoms with Crippen LogP contribution in [0.15, 0.2) is 71.8 Å². The fraction of sp³-hybridized carbons (Fsp3) is 0.182. The molecule has 0 radical (unpaired) electrons. The number of hydrogen-bond acceptors (Lipinski definition) is 6. The van der Waals surface area contributed by atoms with E-state index in [0.717, 1.165) is 0 Å². The van der Waals surface area contributed by atoms with Gasteiger partial charge in [0.1, 0.15) is 11.3 Å². The fourth-order valence-electron chi connectivity index (χ4n) is 2.69. The van der Waals surface area contributed by atoms with Gasteiger partial charge >= 0.3 is 0 Å². The van der Waals surface area contributed by atoms with Gasteiger partial charge in [0.25, 0.3) is 15.9 Å². The molecule has 0 spiro atoms. The number of pyridine rings is 1. The number of rotatable bonds is 10. The van der Waals surface area contributed by atoms with Crippen LogP contribution in [-0.4, -0.2) is 39.6 Å². The first kappa shape index (κ1) is 23.5. The highest BCUT2D eigenvalue weighted by atomic mass is 35.5. The number of nitrogens with one attached hydrogen (secondary N) is 2. The number of nitrogens with zero attached hydrogens (tertiary/aromatic N) is 1. The molecule has 2 N–H and O–H groups in total. The van der Waals surface area contributed by atoms with Crippen molar-refractivity contribution in [2.24, 2.45) is 0 Å². The largest absolute Gasteiger partial charge is 0.438 e. The van der Waals surface area contributed by atoms with E-state index < -0.39 is 10.0 Å². The highest BCUT2D eigenvalue weighted by Crippen LogP contribution is 2.25. The molecule has 168 valence electrons. The number of aromatic nitrogens is 1. The number of methoxy groups -OCH3 is 1. The summed E-state index contributed by atoms with van der Waals surface area (Å²) in [6, 6.07) is 15.4. The molecule has 2 aromatic carbocycles. The van der Waals surface area contributed by atoms with Crippen LogP contribution in [0.1, 0.15) is 16.8 Å². The summed E-state index contributed by atoms with van der Waals surface area (Å²) in [5.41, 5.74) is 0.641. The van der Waals surface area contributed by atoms with Gasteiger partial charge in [-0.2, -0.15) is 0 Å². The van der Waals surface area contributed by atoms with Gasteiger partial charge in [-0.15, -0.1) is 0 Å². The Kier molecular flexibility index (Phi) is 8.04. The minimum Gasteiger partial charge on any atom is -0.438 e. The molecule has 0 saturated heterocycles. The van der Waals surface area contributed by atoms with Gasteiger partial charge in [0.2, 0.25) is 5.88 Å². The number of carbonyl (C=O) groups excluding carboxylic acids is 1. The van der Waals surface area contributed by atoms with Crippen molar-refractivity contribution in [2.45, 2.75) is 11.3 Å². The van der Waals surface area contributed by atoms with Crippen molar-refractivity contribution in [1.82, 2.24) is 10.3 Å². The number of hydrogen-bond donors (Lipinski definition) is 2. The summed E-state index contributed by atoms with van der Waals surface area (Å²) in [4.78, 5) is 16.7. The quantitative estimate of drug-likeness (QED) is 0.428. The maximum Gasteiger partial charge on any atom is 0.261 e. The van der Waals surface area contributed by atoms with Crippen LogP contribution in [0.2, 0.25) is 5.02 Å². The van der Waals surface area contributed by atoms with Gasteiger partial charge in [-0.25, -0.2) is 13.4 Å². The molecular formula is C22H22ClN3O5S. The summed E-state index contributed by atoms with van der Waals surface area (Å²) in [7, 11) is -2.16. The first-order valence-electron chi connectivity index (χ1n) is 9.67. The van der Waals surface area contributed by atoms with Crippen LogP contribution in [0.5, 0.6) is 11.6 Å². The summed E-state index contributed by atoms with van der Waals surface area (Å²) < 4.78 is 38.2. The van der Waals surface area contributed by atoms with Crippen LogP contribution in [0.4, 0.5) is 5.69 Å². The Morgan fingerprint density at radius 1 is 1.06 bits per heavy atom. The number of benzene rings is 2. The summed E-state index contributed by atoms with van der Waals surface area (Å²) in [5, 5.41) is 3.24. The number of halogens is 1.